The van der Waals surface area contributed by atoms with Crippen LogP contribution in [0.4, 0.5) is 27.8 Å². The molecule has 0 radical (unpaired) electrons. The van der Waals surface area contributed by atoms with Crippen molar-refractivity contribution in [1.82, 2.24) is 9.97 Å². The average molecular weight is 228 g/mol. The summed E-state index contributed by atoms with van der Waals surface area (Å²) < 4.78 is 61.1. The Labute approximate surface area is 80.3 Å². The number of hydrazine groups is 1. The van der Waals surface area contributed by atoms with Crippen molar-refractivity contribution in [1.29, 1.82) is 0 Å². The van der Waals surface area contributed by atoms with Crippen LogP contribution < -0.4 is 11.3 Å². The van der Waals surface area contributed by atoms with Crippen LogP contribution in [0.1, 0.15) is 5.69 Å². The molecule has 0 aromatic carbocycles. The zero-order valence-electron chi connectivity index (χ0n) is 7.02. The quantitative estimate of drug-likeness (QED) is 0.456. The standard InChI is InChI=1S/C6H5F5N4/c7-5(8,6(9,10)11)3-1-4(15-12)14-2-13-3/h1-2H,12H2,(H,13,14,15). The monoisotopic (exact) mass is 228 g/mol. The van der Waals surface area contributed by atoms with Crippen molar-refractivity contribution >= 4 is 5.82 Å². The van der Waals surface area contributed by atoms with Crippen LogP contribution in [-0.2, 0) is 5.92 Å². The van der Waals surface area contributed by atoms with E-state index in [0.29, 0.717) is 12.4 Å². The van der Waals surface area contributed by atoms with Crippen LogP contribution >= 0.6 is 0 Å². The van der Waals surface area contributed by atoms with Crippen LogP contribution in [0, 0.1) is 0 Å². The molecule has 0 fully saturated rings. The number of rotatable bonds is 2. The molecule has 1 rings (SSSR count). The topological polar surface area (TPSA) is 63.8 Å². The minimum Gasteiger partial charge on any atom is -0.308 e. The van der Waals surface area contributed by atoms with Crippen molar-refractivity contribution < 1.29 is 22.0 Å². The van der Waals surface area contributed by atoms with Crippen LogP contribution in [0.25, 0.3) is 0 Å². The third-order valence-corrected chi connectivity index (χ3v) is 1.49. The summed E-state index contributed by atoms with van der Waals surface area (Å²) in [7, 11) is 0. The van der Waals surface area contributed by atoms with Gasteiger partial charge in [0.2, 0.25) is 0 Å². The first-order valence-electron chi connectivity index (χ1n) is 3.52. The number of anilines is 1. The summed E-state index contributed by atoms with van der Waals surface area (Å²) in [4.78, 5) is 6.15. The van der Waals surface area contributed by atoms with Crippen molar-refractivity contribution in [2.75, 3.05) is 5.43 Å². The van der Waals surface area contributed by atoms with Gasteiger partial charge in [0.25, 0.3) is 0 Å². The van der Waals surface area contributed by atoms with Gasteiger partial charge in [-0.1, -0.05) is 0 Å². The molecule has 0 aliphatic carbocycles. The fourth-order valence-electron chi connectivity index (χ4n) is 0.753. The predicted molar refractivity (Wildman–Crippen MR) is 39.8 cm³/mol. The lowest BCUT2D eigenvalue weighted by Gasteiger charge is -2.18. The molecule has 0 saturated carbocycles. The Hall–Kier alpha value is -1.51. The SMILES string of the molecule is NNc1cc(C(F)(F)C(F)(F)F)ncn1. The number of alkyl halides is 5. The molecular formula is C6H5F5N4. The van der Waals surface area contributed by atoms with Crippen molar-refractivity contribution in [3.63, 3.8) is 0 Å². The lowest BCUT2D eigenvalue weighted by atomic mass is 10.2. The van der Waals surface area contributed by atoms with Crippen LogP contribution in [0.3, 0.4) is 0 Å². The van der Waals surface area contributed by atoms with Crippen molar-refractivity contribution in [2.24, 2.45) is 5.84 Å². The lowest BCUT2D eigenvalue weighted by Crippen LogP contribution is -2.34. The Bertz CT molecular complexity index is 350. The summed E-state index contributed by atoms with van der Waals surface area (Å²) in [6, 6.07) is 0.424. The highest BCUT2D eigenvalue weighted by molar-refractivity contribution is 5.34. The molecule has 0 aliphatic heterocycles. The van der Waals surface area contributed by atoms with Crippen molar-refractivity contribution in [3.05, 3.63) is 18.1 Å². The van der Waals surface area contributed by atoms with Crippen LogP contribution in [0.15, 0.2) is 12.4 Å². The van der Waals surface area contributed by atoms with Gasteiger partial charge in [0.05, 0.1) is 0 Å². The molecule has 15 heavy (non-hydrogen) atoms. The highest BCUT2D eigenvalue weighted by Gasteiger charge is 2.60. The Kier molecular flexibility index (Phi) is 2.75. The molecule has 9 heteroatoms. The molecule has 1 aromatic heterocycles. The third kappa shape index (κ3) is 2.12. The van der Waals surface area contributed by atoms with E-state index < -0.39 is 17.8 Å². The highest BCUT2D eigenvalue weighted by Crippen LogP contribution is 2.43. The van der Waals surface area contributed by atoms with Gasteiger partial charge in [-0.25, -0.2) is 15.8 Å². The fourth-order valence-corrected chi connectivity index (χ4v) is 0.753. The van der Waals surface area contributed by atoms with E-state index in [-0.39, 0.29) is 5.82 Å². The van der Waals surface area contributed by atoms with Gasteiger partial charge in [-0.15, -0.1) is 0 Å². The maximum atomic E-state index is 12.7. The molecule has 1 heterocycles. The largest absolute Gasteiger partial charge is 0.459 e. The van der Waals surface area contributed by atoms with E-state index in [0.717, 1.165) is 0 Å². The molecule has 84 valence electrons. The molecule has 0 saturated heterocycles. The molecule has 0 aliphatic rings. The molecule has 0 unspecified atom stereocenters. The van der Waals surface area contributed by atoms with E-state index in [4.69, 9.17) is 5.84 Å². The van der Waals surface area contributed by atoms with Gasteiger partial charge >= 0.3 is 12.1 Å². The fraction of sp³-hybridized carbons (Fsp3) is 0.333. The summed E-state index contributed by atoms with van der Waals surface area (Å²) in [6.45, 7) is 0. The second kappa shape index (κ2) is 3.57. The summed E-state index contributed by atoms with van der Waals surface area (Å²) in [5.74, 6) is -0.551. The van der Waals surface area contributed by atoms with E-state index in [9.17, 15) is 22.0 Å². The van der Waals surface area contributed by atoms with Crippen LogP contribution in [0.5, 0.6) is 0 Å². The Morgan fingerprint density at radius 1 is 1.13 bits per heavy atom. The highest BCUT2D eigenvalue weighted by atomic mass is 19.4. The zero-order chi connectivity index (χ0) is 11.7. The maximum Gasteiger partial charge on any atom is 0.459 e. The Morgan fingerprint density at radius 3 is 2.20 bits per heavy atom. The number of nitrogens with two attached hydrogens (primary N) is 1. The van der Waals surface area contributed by atoms with Crippen molar-refractivity contribution in [3.8, 4) is 0 Å². The summed E-state index contributed by atoms with van der Waals surface area (Å²) in [6.07, 6.45) is -5.14. The Morgan fingerprint density at radius 2 is 1.73 bits per heavy atom. The van der Waals surface area contributed by atoms with Gasteiger partial charge in [-0.3, -0.25) is 0 Å². The number of hydrogen-bond donors (Lipinski definition) is 2. The van der Waals surface area contributed by atoms with Gasteiger partial charge in [0.15, 0.2) is 0 Å². The van der Waals surface area contributed by atoms with E-state index >= 15 is 0 Å². The molecule has 0 atom stereocenters. The number of nitrogens with zero attached hydrogens (tertiary/aromatic N) is 2. The molecule has 1 aromatic rings. The molecule has 0 amide bonds. The van der Waals surface area contributed by atoms with E-state index in [1.165, 1.54) is 0 Å². The van der Waals surface area contributed by atoms with Crippen LogP contribution in [-0.4, -0.2) is 16.1 Å². The second-order valence-corrected chi connectivity index (χ2v) is 2.50. The number of nitrogens with one attached hydrogen (secondary N) is 1. The normalized spacial score (nSPS) is 12.7. The van der Waals surface area contributed by atoms with E-state index in [1.807, 2.05) is 5.43 Å². The smallest absolute Gasteiger partial charge is 0.308 e. The molecule has 3 N–H and O–H groups in total. The molecule has 0 bridgehead atoms. The summed E-state index contributed by atoms with van der Waals surface area (Å²) in [5.41, 5.74) is 0.379. The number of aromatic nitrogens is 2. The lowest BCUT2D eigenvalue weighted by molar-refractivity contribution is -0.290. The predicted octanol–water partition coefficient (Wildman–Crippen LogP) is 1.42. The zero-order valence-corrected chi connectivity index (χ0v) is 7.02. The van der Waals surface area contributed by atoms with Crippen molar-refractivity contribution in [2.45, 2.75) is 12.1 Å². The minimum absolute atomic E-state index is 0.330. The summed E-state index contributed by atoms with van der Waals surface area (Å²) >= 11 is 0. The Balaban J connectivity index is 3.15. The average Bonchev–Trinajstić information content (AvgIpc) is 2.16. The van der Waals surface area contributed by atoms with E-state index in [1.54, 1.807) is 0 Å². The van der Waals surface area contributed by atoms with Gasteiger partial charge < -0.3 is 5.43 Å². The molecule has 4 nitrogen and oxygen atoms in total. The number of hydrogen-bond acceptors (Lipinski definition) is 4. The number of nitrogen functional groups attached to an aromatic ring is 1. The van der Waals surface area contributed by atoms with Crippen LogP contribution in [0.2, 0.25) is 0 Å². The van der Waals surface area contributed by atoms with Gasteiger partial charge in [0.1, 0.15) is 17.8 Å². The van der Waals surface area contributed by atoms with Gasteiger partial charge in [-0.2, -0.15) is 22.0 Å². The maximum absolute atomic E-state index is 12.7. The summed E-state index contributed by atoms with van der Waals surface area (Å²) in [5, 5.41) is 0. The minimum atomic E-state index is -5.70. The van der Waals surface area contributed by atoms with Gasteiger partial charge in [-0.05, 0) is 0 Å². The third-order valence-electron chi connectivity index (χ3n) is 1.49. The number of halogens is 5. The second-order valence-electron chi connectivity index (χ2n) is 2.50. The van der Waals surface area contributed by atoms with E-state index in [2.05, 4.69) is 9.97 Å². The van der Waals surface area contributed by atoms with Gasteiger partial charge in [0, 0.05) is 6.07 Å². The molecular weight excluding hydrogens is 223 g/mol. The first-order chi connectivity index (χ1) is 6.79. The first kappa shape index (κ1) is 11.6. The first-order valence-corrected chi connectivity index (χ1v) is 3.52. The molecule has 0 spiro atoms.